The fraction of sp³-hybridized carbons (Fsp3) is 0.367. The first kappa shape index (κ1) is 27.4. The van der Waals surface area contributed by atoms with Crippen molar-refractivity contribution in [2.24, 2.45) is 0 Å². The molecule has 11 heteroatoms. The molecule has 0 amide bonds. The molecule has 4 aromatic rings. The van der Waals surface area contributed by atoms with Crippen molar-refractivity contribution in [1.82, 2.24) is 23.7 Å². The number of nitrogens with one attached hydrogen (secondary N) is 1. The van der Waals surface area contributed by atoms with Crippen molar-refractivity contribution >= 4 is 32.6 Å². The van der Waals surface area contributed by atoms with E-state index in [1.165, 1.54) is 4.31 Å². The molecule has 0 bridgehead atoms. The molecule has 0 saturated carbocycles. The Balaban J connectivity index is 1.12. The molecule has 212 valence electrons. The van der Waals surface area contributed by atoms with E-state index in [1.807, 2.05) is 29.0 Å². The SMILES string of the molecule is CC1CCCN1CC1(O)CCN(S(=O)(=O)c2ccc(Nc3nccc(-n4ccc5cc(C#N)ccc54)n3)cc2)CC1. The van der Waals surface area contributed by atoms with Crippen molar-refractivity contribution in [3.63, 3.8) is 0 Å². The van der Waals surface area contributed by atoms with Crippen molar-refractivity contribution < 1.29 is 13.5 Å². The number of piperidine rings is 1. The molecule has 2 aromatic heterocycles. The first-order valence-electron chi connectivity index (χ1n) is 13.9. The van der Waals surface area contributed by atoms with Crippen LogP contribution in [-0.4, -0.2) is 75.1 Å². The van der Waals surface area contributed by atoms with E-state index in [9.17, 15) is 13.5 Å². The molecule has 1 atom stereocenters. The maximum Gasteiger partial charge on any atom is 0.243 e. The number of nitrogens with zero attached hydrogens (tertiary/aromatic N) is 6. The zero-order chi connectivity index (χ0) is 28.6. The van der Waals surface area contributed by atoms with Gasteiger partial charge in [-0.1, -0.05) is 0 Å². The van der Waals surface area contributed by atoms with Gasteiger partial charge in [-0.05, 0) is 93.7 Å². The van der Waals surface area contributed by atoms with Crippen molar-refractivity contribution in [3.8, 4) is 11.9 Å². The number of aromatic nitrogens is 3. The third-order valence-corrected chi connectivity index (χ3v) is 10.2. The van der Waals surface area contributed by atoms with Gasteiger partial charge in [0.1, 0.15) is 5.82 Å². The van der Waals surface area contributed by atoms with E-state index in [0.29, 0.717) is 61.5 Å². The number of anilines is 2. The second-order valence-corrected chi connectivity index (χ2v) is 13.0. The molecular formula is C30H33N7O3S. The standard InChI is InChI=1S/C30H33N7O3S/c1-22-3-2-15-35(22)21-30(38)12-17-36(18-13-30)41(39,40)26-7-5-25(6-8-26)33-29-32-14-10-28(34-29)37-16-11-24-19-23(20-31)4-9-27(24)37/h4-11,14,16,19,22,38H,2-3,12-13,15,17-18,21H2,1H3,(H,32,33,34). The van der Waals surface area contributed by atoms with Crippen LogP contribution in [0.5, 0.6) is 0 Å². The van der Waals surface area contributed by atoms with Crippen LogP contribution in [0.4, 0.5) is 11.6 Å². The summed E-state index contributed by atoms with van der Waals surface area (Å²) < 4.78 is 30.1. The predicted molar refractivity (Wildman–Crippen MR) is 157 cm³/mol. The lowest BCUT2D eigenvalue weighted by Crippen LogP contribution is -2.52. The quantitative estimate of drug-likeness (QED) is 0.340. The lowest BCUT2D eigenvalue weighted by molar-refractivity contribution is -0.0342. The topological polar surface area (TPSA) is 127 Å². The summed E-state index contributed by atoms with van der Waals surface area (Å²) in [7, 11) is -3.68. The fourth-order valence-corrected chi connectivity index (χ4v) is 7.29. The minimum absolute atomic E-state index is 0.215. The van der Waals surface area contributed by atoms with Gasteiger partial charge in [0.2, 0.25) is 16.0 Å². The molecule has 4 heterocycles. The van der Waals surface area contributed by atoms with Crippen LogP contribution in [-0.2, 0) is 10.0 Å². The summed E-state index contributed by atoms with van der Waals surface area (Å²) >= 11 is 0. The summed E-state index contributed by atoms with van der Waals surface area (Å²) in [5.74, 6) is 1.03. The van der Waals surface area contributed by atoms with E-state index >= 15 is 0 Å². The molecule has 6 rings (SSSR count). The Morgan fingerprint density at radius 1 is 1.10 bits per heavy atom. The van der Waals surface area contributed by atoms with Crippen LogP contribution in [0.25, 0.3) is 16.7 Å². The number of likely N-dealkylation sites (tertiary alicyclic amines) is 1. The number of hydrogen-bond acceptors (Lipinski definition) is 8. The number of rotatable bonds is 7. The minimum atomic E-state index is -3.68. The summed E-state index contributed by atoms with van der Waals surface area (Å²) in [6, 6.07) is 18.4. The number of sulfonamides is 1. The van der Waals surface area contributed by atoms with Crippen LogP contribution in [0.3, 0.4) is 0 Å². The van der Waals surface area contributed by atoms with E-state index in [2.05, 4.69) is 33.2 Å². The highest BCUT2D eigenvalue weighted by molar-refractivity contribution is 7.89. The lowest BCUT2D eigenvalue weighted by atomic mass is 9.91. The van der Waals surface area contributed by atoms with Gasteiger partial charge in [0.05, 0.1) is 27.6 Å². The average Bonchev–Trinajstić information content (AvgIpc) is 3.58. The molecule has 0 radical (unpaired) electrons. The Kier molecular flexibility index (Phi) is 7.25. The summed E-state index contributed by atoms with van der Waals surface area (Å²) in [5.41, 5.74) is 1.33. The van der Waals surface area contributed by atoms with Gasteiger partial charge in [-0.15, -0.1) is 0 Å². The fourth-order valence-electron chi connectivity index (χ4n) is 5.85. The largest absolute Gasteiger partial charge is 0.388 e. The van der Waals surface area contributed by atoms with Crippen LogP contribution in [0, 0.1) is 11.3 Å². The van der Waals surface area contributed by atoms with Crippen LogP contribution >= 0.6 is 0 Å². The Labute approximate surface area is 239 Å². The second-order valence-electron chi connectivity index (χ2n) is 11.0. The van der Waals surface area contributed by atoms with Gasteiger partial charge in [0.15, 0.2) is 0 Å². The van der Waals surface area contributed by atoms with Crippen LogP contribution in [0.2, 0.25) is 0 Å². The van der Waals surface area contributed by atoms with Gasteiger partial charge in [0, 0.05) is 49.1 Å². The third-order valence-electron chi connectivity index (χ3n) is 8.30. The summed E-state index contributed by atoms with van der Waals surface area (Å²) in [5, 5.41) is 24.4. The zero-order valence-corrected chi connectivity index (χ0v) is 23.8. The highest BCUT2D eigenvalue weighted by Crippen LogP contribution is 2.30. The average molecular weight is 572 g/mol. The van der Waals surface area contributed by atoms with Gasteiger partial charge in [-0.2, -0.15) is 14.6 Å². The number of fused-ring (bicyclic) bond motifs is 1. The van der Waals surface area contributed by atoms with Crippen molar-refractivity contribution in [2.75, 3.05) is 31.5 Å². The number of benzene rings is 2. The normalized spacial score (nSPS) is 19.8. The first-order valence-corrected chi connectivity index (χ1v) is 15.4. The molecule has 10 nitrogen and oxygen atoms in total. The first-order chi connectivity index (χ1) is 19.7. The van der Waals surface area contributed by atoms with Gasteiger partial charge in [-0.25, -0.2) is 13.4 Å². The summed E-state index contributed by atoms with van der Waals surface area (Å²) in [6.45, 7) is 4.39. The van der Waals surface area contributed by atoms with E-state index in [4.69, 9.17) is 5.26 Å². The maximum absolute atomic E-state index is 13.4. The van der Waals surface area contributed by atoms with E-state index in [1.54, 1.807) is 42.6 Å². The van der Waals surface area contributed by atoms with E-state index in [-0.39, 0.29) is 4.90 Å². The molecule has 2 aromatic carbocycles. The zero-order valence-electron chi connectivity index (χ0n) is 22.9. The number of nitriles is 1. The highest BCUT2D eigenvalue weighted by Gasteiger charge is 2.39. The molecular weight excluding hydrogens is 538 g/mol. The smallest absolute Gasteiger partial charge is 0.243 e. The predicted octanol–water partition coefficient (Wildman–Crippen LogP) is 4.04. The third kappa shape index (κ3) is 5.56. The Bertz CT molecular complexity index is 1700. The van der Waals surface area contributed by atoms with Crippen molar-refractivity contribution in [1.29, 1.82) is 5.26 Å². The Hall–Kier alpha value is -3.82. The van der Waals surface area contributed by atoms with Gasteiger partial charge in [0.25, 0.3) is 0 Å². The molecule has 2 aliphatic rings. The monoisotopic (exact) mass is 571 g/mol. The van der Waals surface area contributed by atoms with Crippen molar-refractivity contribution in [2.45, 2.75) is 49.1 Å². The molecule has 0 spiro atoms. The van der Waals surface area contributed by atoms with Gasteiger partial charge >= 0.3 is 0 Å². The molecule has 41 heavy (non-hydrogen) atoms. The summed E-state index contributed by atoms with van der Waals surface area (Å²) in [4.78, 5) is 11.5. The molecule has 0 aliphatic carbocycles. The molecule has 2 saturated heterocycles. The van der Waals surface area contributed by atoms with Gasteiger partial charge < -0.3 is 15.0 Å². The Morgan fingerprint density at radius 2 is 1.88 bits per heavy atom. The van der Waals surface area contributed by atoms with Gasteiger partial charge in [-0.3, -0.25) is 4.90 Å². The maximum atomic E-state index is 13.4. The van der Waals surface area contributed by atoms with Crippen LogP contribution in [0.15, 0.2) is 71.9 Å². The molecule has 2 N–H and O–H groups in total. The second kappa shape index (κ2) is 10.9. The lowest BCUT2D eigenvalue weighted by Gasteiger charge is -2.40. The van der Waals surface area contributed by atoms with Crippen LogP contribution < -0.4 is 5.32 Å². The molecule has 1 unspecified atom stereocenters. The number of aliphatic hydroxyl groups is 1. The van der Waals surface area contributed by atoms with Crippen molar-refractivity contribution in [3.05, 3.63) is 72.6 Å². The molecule has 2 aliphatic heterocycles. The van der Waals surface area contributed by atoms with Crippen LogP contribution in [0.1, 0.15) is 38.2 Å². The number of hydrogen-bond donors (Lipinski definition) is 2. The Morgan fingerprint density at radius 3 is 2.59 bits per heavy atom. The van der Waals surface area contributed by atoms with E-state index < -0.39 is 15.6 Å². The minimum Gasteiger partial charge on any atom is -0.388 e. The van der Waals surface area contributed by atoms with E-state index in [0.717, 1.165) is 30.3 Å². The summed E-state index contributed by atoms with van der Waals surface area (Å²) in [6.07, 6.45) is 6.70. The number of β-amino-alcohol motifs (C(OH)–C–C–N with tert-alkyl or cyclic N) is 1. The highest BCUT2D eigenvalue weighted by atomic mass is 32.2. The molecule has 2 fully saturated rings.